The minimum absolute atomic E-state index is 0.830. The third-order valence-corrected chi connectivity index (χ3v) is 13.5. The van der Waals surface area contributed by atoms with Gasteiger partial charge in [0, 0.05) is 49.0 Å². The maximum absolute atomic E-state index is 6.78. The van der Waals surface area contributed by atoms with Gasteiger partial charge in [0.15, 0.2) is 0 Å². The topological polar surface area (TPSA) is 64.7 Å². The Morgan fingerprint density at radius 2 is 0.687 bits per heavy atom. The molecule has 14 aromatic rings. The lowest BCUT2D eigenvalue weighted by Crippen LogP contribution is -1.92. The fourth-order valence-corrected chi connectivity index (χ4v) is 10.3. The van der Waals surface area contributed by atoms with Crippen LogP contribution in [-0.4, -0.2) is 19.9 Å². The Morgan fingerprint density at radius 3 is 1.22 bits per heavy atom. The molecule has 0 aliphatic heterocycles. The van der Waals surface area contributed by atoms with Gasteiger partial charge in [-0.15, -0.1) is 0 Å². The molecule has 0 atom stereocenters. The minimum Gasteiger partial charge on any atom is -0.455 e. The van der Waals surface area contributed by atoms with Gasteiger partial charge in [0.1, 0.15) is 11.2 Å². The zero-order valence-electron chi connectivity index (χ0n) is 36.0. The van der Waals surface area contributed by atoms with E-state index in [1.54, 1.807) is 0 Å². The van der Waals surface area contributed by atoms with Crippen LogP contribution in [0.25, 0.3) is 143 Å². The lowest BCUT2D eigenvalue weighted by molar-refractivity contribution is 0.670. The van der Waals surface area contributed by atoms with Crippen LogP contribution in [0.4, 0.5) is 0 Å². The molecule has 3 aromatic heterocycles. The molecule has 0 aliphatic rings. The molecule has 5 nitrogen and oxygen atoms in total. The molecule has 310 valence electrons. The van der Waals surface area contributed by atoms with E-state index in [2.05, 4.69) is 206 Å². The zero-order valence-corrected chi connectivity index (χ0v) is 36.0. The van der Waals surface area contributed by atoms with Gasteiger partial charge in [-0.3, -0.25) is 9.97 Å². The number of hydrogen-bond donors (Lipinski definition) is 0. The van der Waals surface area contributed by atoms with Gasteiger partial charge in [-0.2, -0.15) is 0 Å². The standard InChI is InChI=1S/C62H36N4O/c1-2-14-37(15-3-1)52-33-43(39-17-13-19-42(31-39)56-36-64-59-49-25-9-5-21-45(49)47-23-7-11-27-51(47)61(59)66-56)34-54-53-32-40(28-29-57(53)67-62(52)54)38-16-12-18-41(30-38)55-35-63-58-48-24-8-4-20-44(48)46-22-6-10-26-50(46)60(58)65-55/h1-36H. The molecular weight excluding hydrogens is 817 g/mol. The molecule has 67 heavy (non-hydrogen) atoms. The molecule has 0 saturated carbocycles. The highest BCUT2D eigenvalue weighted by molar-refractivity contribution is 6.24. The highest BCUT2D eigenvalue weighted by atomic mass is 16.3. The van der Waals surface area contributed by atoms with E-state index in [9.17, 15) is 0 Å². The second-order valence-corrected chi connectivity index (χ2v) is 17.3. The van der Waals surface area contributed by atoms with Gasteiger partial charge in [-0.25, -0.2) is 9.97 Å². The Hall–Kier alpha value is -9.06. The van der Waals surface area contributed by atoms with E-state index >= 15 is 0 Å². The van der Waals surface area contributed by atoms with E-state index in [0.29, 0.717) is 0 Å². The number of aromatic nitrogens is 4. The lowest BCUT2D eigenvalue weighted by atomic mass is 9.94. The van der Waals surface area contributed by atoms with Crippen molar-refractivity contribution >= 4 is 87.1 Å². The fraction of sp³-hybridized carbons (Fsp3) is 0. The third kappa shape index (κ3) is 5.95. The summed E-state index contributed by atoms with van der Waals surface area (Å²) in [5.74, 6) is 0. The quantitative estimate of drug-likeness (QED) is 0.161. The van der Waals surface area contributed by atoms with Crippen molar-refractivity contribution in [1.82, 2.24) is 19.9 Å². The SMILES string of the molecule is c1ccc(-c2cc(-c3cccc(-c4cnc5c6ccccc6c6ccccc6c5n4)c3)cc3c2oc2ccc(-c4cccc(-c5cnc6c7ccccc7c7ccccc7c6n5)c4)cc23)cc1. The van der Waals surface area contributed by atoms with Gasteiger partial charge >= 0.3 is 0 Å². The van der Waals surface area contributed by atoms with Crippen molar-refractivity contribution in [2.45, 2.75) is 0 Å². The molecule has 0 fully saturated rings. The second-order valence-electron chi connectivity index (χ2n) is 17.3. The molecule has 0 bridgehead atoms. The van der Waals surface area contributed by atoms with E-state index < -0.39 is 0 Å². The minimum atomic E-state index is 0.830. The van der Waals surface area contributed by atoms with Crippen LogP contribution in [0.1, 0.15) is 0 Å². The van der Waals surface area contributed by atoms with Gasteiger partial charge in [-0.05, 0) is 85.8 Å². The summed E-state index contributed by atoms with van der Waals surface area (Å²) >= 11 is 0. The Morgan fingerprint density at radius 1 is 0.269 bits per heavy atom. The van der Waals surface area contributed by atoms with Crippen molar-refractivity contribution in [1.29, 1.82) is 0 Å². The van der Waals surface area contributed by atoms with Crippen LogP contribution >= 0.6 is 0 Å². The van der Waals surface area contributed by atoms with Crippen LogP contribution in [0.5, 0.6) is 0 Å². The molecule has 0 spiro atoms. The summed E-state index contributed by atoms with van der Waals surface area (Å²) in [5.41, 5.74) is 15.5. The largest absolute Gasteiger partial charge is 0.455 e. The Balaban J connectivity index is 0.893. The van der Waals surface area contributed by atoms with E-state index in [4.69, 9.17) is 24.4 Å². The monoisotopic (exact) mass is 852 g/mol. The van der Waals surface area contributed by atoms with Crippen LogP contribution in [0.3, 0.4) is 0 Å². The number of hydrogen-bond acceptors (Lipinski definition) is 5. The predicted octanol–water partition coefficient (Wildman–Crippen LogP) is 16.4. The lowest BCUT2D eigenvalue weighted by Gasteiger charge is -2.12. The molecule has 0 N–H and O–H groups in total. The first-order valence-corrected chi connectivity index (χ1v) is 22.6. The van der Waals surface area contributed by atoms with E-state index in [1.807, 2.05) is 12.4 Å². The summed E-state index contributed by atoms with van der Waals surface area (Å²) in [7, 11) is 0. The number of furan rings is 1. The van der Waals surface area contributed by atoms with Gasteiger partial charge in [0.2, 0.25) is 0 Å². The van der Waals surface area contributed by atoms with Crippen LogP contribution in [0.15, 0.2) is 223 Å². The normalized spacial score (nSPS) is 11.9. The highest BCUT2D eigenvalue weighted by Crippen LogP contribution is 2.42. The molecule has 3 heterocycles. The first-order valence-electron chi connectivity index (χ1n) is 22.6. The molecule has 0 radical (unpaired) electrons. The smallest absolute Gasteiger partial charge is 0.143 e. The number of nitrogens with zero attached hydrogens (tertiary/aromatic N) is 4. The van der Waals surface area contributed by atoms with E-state index in [0.717, 1.165) is 121 Å². The highest BCUT2D eigenvalue weighted by Gasteiger charge is 2.19. The maximum Gasteiger partial charge on any atom is 0.143 e. The van der Waals surface area contributed by atoms with Crippen LogP contribution in [0.2, 0.25) is 0 Å². The average Bonchev–Trinajstić information content (AvgIpc) is 3.79. The van der Waals surface area contributed by atoms with Crippen molar-refractivity contribution in [3.63, 3.8) is 0 Å². The predicted molar refractivity (Wildman–Crippen MR) is 277 cm³/mol. The number of rotatable bonds is 5. The summed E-state index contributed by atoms with van der Waals surface area (Å²) in [6.07, 6.45) is 3.82. The van der Waals surface area contributed by atoms with Gasteiger partial charge in [0.05, 0.1) is 45.8 Å². The Labute approximate surface area is 384 Å². The van der Waals surface area contributed by atoms with E-state index in [-0.39, 0.29) is 0 Å². The van der Waals surface area contributed by atoms with Crippen LogP contribution < -0.4 is 0 Å². The summed E-state index contributed by atoms with van der Waals surface area (Å²) < 4.78 is 6.78. The summed E-state index contributed by atoms with van der Waals surface area (Å²) in [4.78, 5) is 20.7. The zero-order chi connectivity index (χ0) is 44.0. The molecule has 0 unspecified atom stereocenters. The number of fused-ring (bicyclic) bond motifs is 15. The second kappa shape index (κ2) is 14.7. The Kier molecular flexibility index (Phi) is 8.21. The van der Waals surface area contributed by atoms with E-state index in [1.165, 1.54) is 21.5 Å². The summed E-state index contributed by atoms with van der Waals surface area (Å²) in [6, 6.07) is 72.8. The van der Waals surface area contributed by atoms with Gasteiger partial charge in [-0.1, -0.05) is 170 Å². The van der Waals surface area contributed by atoms with Crippen LogP contribution in [0, 0.1) is 0 Å². The first kappa shape index (κ1) is 37.3. The molecule has 5 heteroatoms. The van der Waals surface area contributed by atoms with Gasteiger partial charge < -0.3 is 4.42 Å². The molecule has 0 amide bonds. The van der Waals surface area contributed by atoms with Crippen molar-refractivity contribution in [3.8, 4) is 55.9 Å². The van der Waals surface area contributed by atoms with Crippen LogP contribution in [-0.2, 0) is 0 Å². The van der Waals surface area contributed by atoms with Crippen molar-refractivity contribution in [2.75, 3.05) is 0 Å². The molecule has 14 rings (SSSR count). The van der Waals surface area contributed by atoms with Crippen molar-refractivity contribution < 1.29 is 4.42 Å². The fourth-order valence-electron chi connectivity index (χ4n) is 10.3. The Bertz CT molecular complexity index is 4280. The molecule has 0 saturated heterocycles. The molecule has 0 aliphatic carbocycles. The summed E-state index contributed by atoms with van der Waals surface area (Å²) in [6.45, 7) is 0. The maximum atomic E-state index is 6.78. The number of benzene rings is 11. The van der Waals surface area contributed by atoms with Crippen molar-refractivity contribution in [2.24, 2.45) is 0 Å². The average molecular weight is 853 g/mol. The van der Waals surface area contributed by atoms with Crippen molar-refractivity contribution in [3.05, 3.63) is 219 Å². The molecule has 11 aromatic carbocycles. The molecular formula is C62H36N4O. The summed E-state index contributed by atoms with van der Waals surface area (Å²) in [5, 5.41) is 11.3. The first-order chi connectivity index (χ1) is 33.2. The van der Waals surface area contributed by atoms with Gasteiger partial charge in [0.25, 0.3) is 0 Å². The third-order valence-electron chi connectivity index (χ3n) is 13.5.